The number of methoxy groups -OCH3 is 1. The molecule has 1 aromatic carbocycles. The zero-order valence-electron chi connectivity index (χ0n) is 12.6. The second-order valence-corrected chi connectivity index (χ2v) is 5.22. The van der Waals surface area contributed by atoms with E-state index in [2.05, 4.69) is 17.1 Å². The fraction of sp³-hybridized carbons (Fsp3) is 0.533. The number of carbonyl (C=O) groups is 1. The number of benzene rings is 1. The normalized spacial score (nSPS) is 19.2. The van der Waals surface area contributed by atoms with Gasteiger partial charge in [0.05, 0.1) is 26.0 Å². The van der Waals surface area contributed by atoms with Gasteiger partial charge in [-0.15, -0.1) is 0 Å². The fourth-order valence-electron chi connectivity index (χ4n) is 2.37. The first kappa shape index (κ1) is 15.6. The highest BCUT2D eigenvalue weighted by molar-refractivity contribution is 5.93. The number of rotatable bonds is 5. The largest absolute Gasteiger partial charge is 0.495 e. The second-order valence-electron chi connectivity index (χ2n) is 5.22. The average molecular weight is 293 g/mol. The van der Waals surface area contributed by atoms with E-state index >= 15 is 0 Å². The predicted molar refractivity (Wildman–Crippen MR) is 82.5 cm³/mol. The average Bonchev–Trinajstić information content (AvgIpc) is 2.47. The van der Waals surface area contributed by atoms with Crippen LogP contribution in [0, 0.1) is 0 Å². The van der Waals surface area contributed by atoms with E-state index in [0.717, 1.165) is 26.3 Å². The number of nitrogens with zero attached hydrogens (tertiary/aromatic N) is 1. The molecule has 1 amide bonds. The van der Waals surface area contributed by atoms with Gasteiger partial charge in [-0.1, -0.05) is 0 Å². The molecular formula is C15H23N3O3. The molecule has 6 nitrogen and oxygen atoms in total. The van der Waals surface area contributed by atoms with Crippen molar-refractivity contribution in [3.63, 3.8) is 0 Å². The van der Waals surface area contributed by atoms with Crippen LogP contribution in [0.4, 0.5) is 11.4 Å². The summed E-state index contributed by atoms with van der Waals surface area (Å²) in [5.41, 5.74) is 6.94. The number of nitrogens with one attached hydrogen (secondary N) is 1. The van der Waals surface area contributed by atoms with E-state index in [1.807, 2.05) is 0 Å². The maximum Gasteiger partial charge on any atom is 0.225 e. The second kappa shape index (κ2) is 7.28. The number of hydrogen-bond acceptors (Lipinski definition) is 5. The fourth-order valence-corrected chi connectivity index (χ4v) is 2.37. The summed E-state index contributed by atoms with van der Waals surface area (Å²) < 4.78 is 10.6. The molecule has 1 saturated heterocycles. The third kappa shape index (κ3) is 4.34. The lowest BCUT2D eigenvalue weighted by Crippen LogP contribution is -2.44. The number of hydrogen-bond donors (Lipinski definition) is 2. The number of nitrogens with two attached hydrogens (primary N) is 1. The van der Waals surface area contributed by atoms with Crippen LogP contribution in [0.2, 0.25) is 0 Å². The minimum absolute atomic E-state index is 0.0439. The maximum absolute atomic E-state index is 12.1. The lowest BCUT2D eigenvalue weighted by atomic mass is 10.2. The Labute approximate surface area is 125 Å². The minimum atomic E-state index is -0.0439. The van der Waals surface area contributed by atoms with E-state index < -0.39 is 0 Å². The molecule has 1 atom stereocenters. The number of carbonyl (C=O) groups excluding carboxylic acids is 1. The summed E-state index contributed by atoms with van der Waals surface area (Å²) in [5.74, 6) is 0.565. The van der Waals surface area contributed by atoms with Gasteiger partial charge in [0.1, 0.15) is 5.75 Å². The highest BCUT2D eigenvalue weighted by Crippen LogP contribution is 2.26. The summed E-state index contributed by atoms with van der Waals surface area (Å²) in [6, 6.07) is 5.54. The number of ether oxygens (including phenoxy) is 2. The first-order chi connectivity index (χ1) is 10.1. The van der Waals surface area contributed by atoms with Crippen LogP contribution in [0.1, 0.15) is 13.3 Å². The van der Waals surface area contributed by atoms with Crippen molar-refractivity contribution < 1.29 is 14.3 Å². The molecule has 6 heteroatoms. The zero-order valence-corrected chi connectivity index (χ0v) is 12.6. The molecule has 2 rings (SSSR count). The highest BCUT2D eigenvalue weighted by Gasteiger charge is 2.19. The third-order valence-corrected chi connectivity index (χ3v) is 3.63. The summed E-state index contributed by atoms with van der Waals surface area (Å²) in [4.78, 5) is 14.3. The molecule has 0 aliphatic carbocycles. The lowest BCUT2D eigenvalue weighted by molar-refractivity contribution is -0.117. The van der Waals surface area contributed by atoms with Gasteiger partial charge in [-0.3, -0.25) is 9.69 Å². The number of nitrogen functional groups attached to an aromatic ring is 1. The van der Waals surface area contributed by atoms with Crippen molar-refractivity contribution >= 4 is 17.3 Å². The van der Waals surface area contributed by atoms with Crippen LogP contribution < -0.4 is 15.8 Å². The number of anilines is 2. The molecule has 1 aromatic rings. The predicted octanol–water partition coefficient (Wildman–Crippen LogP) is 1.33. The maximum atomic E-state index is 12.1. The molecule has 1 aliphatic rings. The van der Waals surface area contributed by atoms with Crippen LogP contribution in [0.25, 0.3) is 0 Å². The van der Waals surface area contributed by atoms with Gasteiger partial charge in [-0.05, 0) is 25.1 Å². The van der Waals surface area contributed by atoms with Crippen LogP contribution in [-0.2, 0) is 9.53 Å². The Morgan fingerprint density at radius 3 is 3.10 bits per heavy atom. The molecule has 0 bridgehead atoms. The highest BCUT2D eigenvalue weighted by atomic mass is 16.5. The Hall–Kier alpha value is -1.79. The summed E-state index contributed by atoms with van der Waals surface area (Å²) in [5, 5.41) is 2.85. The molecule has 1 fully saturated rings. The summed E-state index contributed by atoms with van der Waals surface area (Å²) >= 11 is 0. The van der Waals surface area contributed by atoms with Crippen LogP contribution in [0.3, 0.4) is 0 Å². The lowest BCUT2D eigenvalue weighted by Gasteiger charge is -2.32. The Morgan fingerprint density at radius 2 is 2.38 bits per heavy atom. The summed E-state index contributed by atoms with van der Waals surface area (Å²) in [7, 11) is 1.57. The van der Waals surface area contributed by atoms with Gasteiger partial charge < -0.3 is 20.5 Å². The smallest absolute Gasteiger partial charge is 0.225 e. The quantitative estimate of drug-likeness (QED) is 0.801. The molecule has 1 unspecified atom stereocenters. The van der Waals surface area contributed by atoms with E-state index in [0.29, 0.717) is 29.6 Å². The summed E-state index contributed by atoms with van der Waals surface area (Å²) in [6.07, 6.45) is 0.433. The molecule has 116 valence electrons. The van der Waals surface area contributed by atoms with Crippen molar-refractivity contribution in [3.05, 3.63) is 18.2 Å². The van der Waals surface area contributed by atoms with Gasteiger partial charge in [0, 0.05) is 31.2 Å². The molecule has 0 aromatic heterocycles. The van der Waals surface area contributed by atoms with Crippen molar-refractivity contribution in [2.45, 2.75) is 19.4 Å². The van der Waals surface area contributed by atoms with E-state index in [4.69, 9.17) is 15.2 Å². The summed E-state index contributed by atoms with van der Waals surface area (Å²) in [6.45, 7) is 5.16. The standard InChI is InChI=1S/C15H23N3O3/c1-11-10-21-8-7-18(11)6-5-15(19)17-13-9-12(16)3-4-14(13)20-2/h3-4,9,11H,5-8,10,16H2,1-2H3,(H,17,19). The molecule has 0 saturated carbocycles. The Morgan fingerprint density at radius 1 is 1.57 bits per heavy atom. The van der Waals surface area contributed by atoms with E-state index in [1.165, 1.54) is 0 Å². The van der Waals surface area contributed by atoms with Crippen molar-refractivity contribution in [1.29, 1.82) is 0 Å². The van der Waals surface area contributed by atoms with Gasteiger partial charge in [-0.25, -0.2) is 0 Å². The van der Waals surface area contributed by atoms with E-state index in [9.17, 15) is 4.79 Å². The number of amides is 1. The Kier molecular flexibility index (Phi) is 5.41. The molecule has 1 heterocycles. The van der Waals surface area contributed by atoms with Crippen LogP contribution in [0.15, 0.2) is 18.2 Å². The monoisotopic (exact) mass is 293 g/mol. The molecule has 3 N–H and O–H groups in total. The first-order valence-electron chi connectivity index (χ1n) is 7.15. The van der Waals surface area contributed by atoms with Gasteiger partial charge in [-0.2, -0.15) is 0 Å². The van der Waals surface area contributed by atoms with Crippen molar-refractivity contribution in [1.82, 2.24) is 4.90 Å². The van der Waals surface area contributed by atoms with Gasteiger partial charge >= 0.3 is 0 Å². The van der Waals surface area contributed by atoms with Crippen molar-refractivity contribution in [2.75, 3.05) is 44.5 Å². The molecule has 21 heavy (non-hydrogen) atoms. The van der Waals surface area contributed by atoms with Crippen molar-refractivity contribution in [3.8, 4) is 5.75 Å². The molecular weight excluding hydrogens is 270 g/mol. The van der Waals surface area contributed by atoms with Gasteiger partial charge in [0.15, 0.2) is 0 Å². The molecule has 0 radical (unpaired) electrons. The van der Waals surface area contributed by atoms with Gasteiger partial charge in [0.2, 0.25) is 5.91 Å². The van der Waals surface area contributed by atoms with Crippen LogP contribution in [0.5, 0.6) is 5.75 Å². The van der Waals surface area contributed by atoms with Crippen LogP contribution in [-0.4, -0.2) is 50.3 Å². The van der Waals surface area contributed by atoms with E-state index in [1.54, 1.807) is 25.3 Å². The van der Waals surface area contributed by atoms with Gasteiger partial charge in [0.25, 0.3) is 0 Å². The van der Waals surface area contributed by atoms with E-state index in [-0.39, 0.29) is 5.91 Å². The third-order valence-electron chi connectivity index (χ3n) is 3.63. The Bertz CT molecular complexity index is 493. The Balaban J connectivity index is 1.88. The molecule has 1 aliphatic heterocycles. The van der Waals surface area contributed by atoms with Crippen molar-refractivity contribution in [2.24, 2.45) is 0 Å². The first-order valence-corrected chi connectivity index (χ1v) is 7.15. The van der Waals surface area contributed by atoms with Crippen LogP contribution >= 0.6 is 0 Å². The SMILES string of the molecule is COc1ccc(N)cc1NC(=O)CCN1CCOCC1C. The zero-order chi connectivity index (χ0) is 15.2. The number of morpholine rings is 1. The minimum Gasteiger partial charge on any atom is -0.495 e. The molecule has 0 spiro atoms. The topological polar surface area (TPSA) is 76.8 Å².